The number of carboxylic acids is 1. The van der Waals surface area contributed by atoms with Crippen molar-refractivity contribution in [1.29, 1.82) is 0 Å². The summed E-state index contributed by atoms with van der Waals surface area (Å²) in [6, 6.07) is 7.78. The zero-order chi connectivity index (χ0) is 15.1. The molecule has 0 saturated heterocycles. The lowest BCUT2D eigenvalue weighted by molar-refractivity contribution is -0.142. The molecule has 0 aliphatic rings. The highest BCUT2D eigenvalue weighted by Crippen LogP contribution is 2.20. The van der Waals surface area contributed by atoms with Gasteiger partial charge < -0.3 is 10.4 Å². The first-order chi connectivity index (χ1) is 9.45. The Balaban J connectivity index is 2.72. The van der Waals surface area contributed by atoms with Crippen molar-refractivity contribution in [3.05, 3.63) is 35.9 Å². The molecule has 2 N–H and O–H groups in total. The second-order valence-electron chi connectivity index (χ2n) is 5.37. The van der Waals surface area contributed by atoms with Crippen molar-refractivity contribution in [1.82, 2.24) is 5.32 Å². The molecule has 0 saturated carbocycles. The monoisotopic (exact) mass is 277 g/mol. The van der Waals surface area contributed by atoms with E-state index < -0.39 is 12.0 Å². The molecule has 4 nitrogen and oxygen atoms in total. The van der Waals surface area contributed by atoms with Gasteiger partial charge in [0.25, 0.3) is 0 Å². The van der Waals surface area contributed by atoms with Crippen LogP contribution in [0.4, 0.5) is 0 Å². The van der Waals surface area contributed by atoms with Crippen LogP contribution in [0, 0.1) is 11.8 Å². The van der Waals surface area contributed by atoms with Gasteiger partial charge in [-0.15, -0.1) is 0 Å². The SMILES string of the molecule is CCC(CC(=O)NC(C(=O)O)c1ccccc1)C(C)C. The normalized spacial score (nSPS) is 13.8. The minimum atomic E-state index is -1.04. The molecule has 1 aromatic rings. The summed E-state index contributed by atoms with van der Waals surface area (Å²) in [5.74, 6) is -0.560. The summed E-state index contributed by atoms with van der Waals surface area (Å²) in [4.78, 5) is 23.3. The molecule has 0 aliphatic heterocycles. The number of amides is 1. The van der Waals surface area contributed by atoms with Crippen LogP contribution in [0.1, 0.15) is 45.2 Å². The molecule has 1 rings (SSSR count). The van der Waals surface area contributed by atoms with E-state index in [-0.39, 0.29) is 11.8 Å². The highest BCUT2D eigenvalue weighted by atomic mass is 16.4. The van der Waals surface area contributed by atoms with E-state index in [9.17, 15) is 14.7 Å². The summed E-state index contributed by atoms with van der Waals surface area (Å²) in [6.45, 7) is 6.20. The average Bonchev–Trinajstić information content (AvgIpc) is 2.42. The predicted molar refractivity (Wildman–Crippen MR) is 78.2 cm³/mol. The fourth-order valence-electron chi connectivity index (χ4n) is 2.24. The number of carboxylic acid groups (broad SMARTS) is 1. The minimum Gasteiger partial charge on any atom is -0.479 e. The molecule has 2 unspecified atom stereocenters. The van der Waals surface area contributed by atoms with Gasteiger partial charge in [-0.25, -0.2) is 4.79 Å². The lowest BCUT2D eigenvalue weighted by Gasteiger charge is -2.20. The number of aliphatic carboxylic acids is 1. The summed E-state index contributed by atoms with van der Waals surface area (Å²) < 4.78 is 0. The third-order valence-corrected chi connectivity index (χ3v) is 3.60. The second kappa shape index (κ2) is 7.68. The van der Waals surface area contributed by atoms with E-state index in [2.05, 4.69) is 19.2 Å². The molecule has 0 heterocycles. The molecule has 1 amide bonds. The molecule has 0 bridgehead atoms. The minimum absolute atomic E-state index is 0.207. The number of nitrogens with one attached hydrogen (secondary N) is 1. The molecular formula is C16H23NO3. The third-order valence-electron chi connectivity index (χ3n) is 3.60. The van der Waals surface area contributed by atoms with Crippen molar-refractivity contribution in [2.24, 2.45) is 11.8 Å². The number of benzene rings is 1. The fourth-order valence-corrected chi connectivity index (χ4v) is 2.24. The highest BCUT2D eigenvalue weighted by Gasteiger charge is 2.23. The van der Waals surface area contributed by atoms with E-state index >= 15 is 0 Å². The van der Waals surface area contributed by atoms with Crippen molar-refractivity contribution in [2.75, 3.05) is 0 Å². The van der Waals surface area contributed by atoms with E-state index in [1.165, 1.54) is 0 Å². The summed E-state index contributed by atoms with van der Waals surface area (Å²) in [5.41, 5.74) is 0.589. The van der Waals surface area contributed by atoms with Crippen LogP contribution in [0.2, 0.25) is 0 Å². The fraction of sp³-hybridized carbons (Fsp3) is 0.500. The standard InChI is InChI=1S/C16H23NO3/c1-4-12(11(2)3)10-14(18)17-15(16(19)20)13-8-6-5-7-9-13/h5-9,11-12,15H,4,10H2,1-3H3,(H,17,18)(H,19,20). The Morgan fingerprint density at radius 1 is 1.20 bits per heavy atom. The van der Waals surface area contributed by atoms with Gasteiger partial charge in [-0.1, -0.05) is 57.5 Å². The molecule has 0 fully saturated rings. The van der Waals surface area contributed by atoms with Gasteiger partial charge >= 0.3 is 5.97 Å². The van der Waals surface area contributed by atoms with Gasteiger partial charge in [-0.05, 0) is 17.4 Å². The highest BCUT2D eigenvalue weighted by molar-refractivity contribution is 5.84. The molecule has 0 aromatic heterocycles. The van der Waals surface area contributed by atoms with Crippen LogP contribution in [-0.4, -0.2) is 17.0 Å². The summed E-state index contributed by atoms with van der Waals surface area (Å²) in [5, 5.41) is 11.9. The van der Waals surface area contributed by atoms with Crippen LogP contribution in [0.5, 0.6) is 0 Å². The van der Waals surface area contributed by atoms with Gasteiger partial charge in [0.2, 0.25) is 5.91 Å². The molecule has 0 spiro atoms. The molecule has 2 atom stereocenters. The first-order valence-electron chi connectivity index (χ1n) is 7.02. The Bertz CT molecular complexity index is 442. The van der Waals surface area contributed by atoms with Crippen LogP contribution >= 0.6 is 0 Å². The average molecular weight is 277 g/mol. The lowest BCUT2D eigenvalue weighted by atomic mass is 9.90. The van der Waals surface area contributed by atoms with Crippen LogP contribution in [0.3, 0.4) is 0 Å². The van der Waals surface area contributed by atoms with Gasteiger partial charge in [0.15, 0.2) is 6.04 Å². The summed E-state index contributed by atoms with van der Waals surface area (Å²) >= 11 is 0. The largest absolute Gasteiger partial charge is 0.479 e. The quantitative estimate of drug-likeness (QED) is 0.805. The second-order valence-corrected chi connectivity index (χ2v) is 5.37. The first kappa shape index (κ1) is 16.2. The van der Waals surface area contributed by atoms with E-state index in [0.29, 0.717) is 17.9 Å². The van der Waals surface area contributed by atoms with Gasteiger partial charge in [0.05, 0.1) is 0 Å². The van der Waals surface area contributed by atoms with Crippen LogP contribution in [-0.2, 0) is 9.59 Å². The Kier molecular flexibility index (Phi) is 6.22. The molecule has 0 aliphatic carbocycles. The first-order valence-corrected chi connectivity index (χ1v) is 7.02. The molecule has 20 heavy (non-hydrogen) atoms. The van der Waals surface area contributed by atoms with E-state index in [4.69, 9.17) is 0 Å². The molecular weight excluding hydrogens is 254 g/mol. The Labute approximate surface area is 120 Å². The van der Waals surface area contributed by atoms with Crippen LogP contribution in [0.15, 0.2) is 30.3 Å². The molecule has 110 valence electrons. The van der Waals surface area contributed by atoms with Crippen LogP contribution in [0.25, 0.3) is 0 Å². The number of carbonyl (C=O) groups excluding carboxylic acids is 1. The molecule has 1 aromatic carbocycles. The van der Waals surface area contributed by atoms with Crippen molar-refractivity contribution in [3.63, 3.8) is 0 Å². The van der Waals surface area contributed by atoms with E-state index in [1.807, 2.05) is 13.0 Å². The van der Waals surface area contributed by atoms with Crippen molar-refractivity contribution in [2.45, 2.75) is 39.7 Å². The predicted octanol–water partition coefficient (Wildman–Crippen LogP) is 3.00. The zero-order valence-electron chi connectivity index (χ0n) is 12.3. The zero-order valence-corrected chi connectivity index (χ0v) is 12.3. The third kappa shape index (κ3) is 4.68. The van der Waals surface area contributed by atoms with Gasteiger partial charge in [-0.2, -0.15) is 0 Å². The molecule has 0 radical (unpaired) electrons. The number of rotatable bonds is 7. The Hall–Kier alpha value is -1.84. The van der Waals surface area contributed by atoms with Gasteiger partial charge in [-0.3, -0.25) is 4.79 Å². The van der Waals surface area contributed by atoms with E-state index in [1.54, 1.807) is 24.3 Å². The number of hydrogen-bond donors (Lipinski definition) is 2. The lowest BCUT2D eigenvalue weighted by Crippen LogP contribution is -2.35. The van der Waals surface area contributed by atoms with Crippen molar-refractivity contribution >= 4 is 11.9 Å². The van der Waals surface area contributed by atoms with Crippen molar-refractivity contribution in [3.8, 4) is 0 Å². The maximum absolute atomic E-state index is 12.0. The smallest absolute Gasteiger partial charge is 0.330 e. The Morgan fingerprint density at radius 2 is 1.80 bits per heavy atom. The maximum Gasteiger partial charge on any atom is 0.330 e. The van der Waals surface area contributed by atoms with Gasteiger partial charge in [0.1, 0.15) is 0 Å². The van der Waals surface area contributed by atoms with E-state index in [0.717, 1.165) is 6.42 Å². The Morgan fingerprint density at radius 3 is 2.25 bits per heavy atom. The maximum atomic E-state index is 12.0. The summed E-state index contributed by atoms with van der Waals surface area (Å²) in [6.07, 6.45) is 1.28. The topological polar surface area (TPSA) is 66.4 Å². The summed E-state index contributed by atoms with van der Waals surface area (Å²) in [7, 11) is 0. The number of hydrogen-bond acceptors (Lipinski definition) is 2. The van der Waals surface area contributed by atoms with Gasteiger partial charge in [0, 0.05) is 6.42 Å². The molecule has 4 heteroatoms. The number of carbonyl (C=O) groups is 2. The van der Waals surface area contributed by atoms with Crippen LogP contribution < -0.4 is 5.32 Å². The van der Waals surface area contributed by atoms with Crippen molar-refractivity contribution < 1.29 is 14.7 Å².